The number of nitrogens with zero attached hydrogens (tertiary/aromatic N) is 3. The minimum atomic E-state index is -0.546. The molecule has 2 aliphatic heterocycles. The van der Waals surface area contributed by atoms with Crippen LogP contribution < -0.4 is 5.32 Å². The topological polar surface area (TPSA) is 88.3 Å². The lowest BCUT2D eigenvalue weighted by Gasteiger charge is -2.49. The number of aromatic nitrogens is 2. The van der Waals surface area contributed by atoms with E-state index in [2.05, 4.69) is 15.5 Å². The summed E-state index contributed by atoms with van der Waals surface area (Å²) in [7, 11) is 0. The fourth-order valence-electron chi connectivity index (χ4n) is 3.65. The number of halogens is 1. The first kappa shape index (κ1) is 20.9. The van der Waals surface area contributed by atoms with Crippen LogP contribution in [0.3, 0.4) is 0 Å². The molecule has 9 heteroatoms. The van der Waals surface area contributed by atoms with Gasteiger partial charge in [0.15, 0.2) is 5.82 Å². The molecular weight excluding hydrogens is 424 g/mol. The van der Waals surface area contributed by atoms with Gasteiger partial charge in [0.2, 0.25) is 5.91 Å². The quantitative estimate of drug-likeness (QED) is 0.655. The molecule has 1 aromatic heterocycles. The highest BCUT2D eigenvalue weighted by atomic mass is 35.5. The number of hydrogen-bond acceptors (Lipinski definition) is 6. The van der Waals surface area contributed by atoms with Crippen molar-refractivity contribution in [2.45, 2.75) is 50.9 Å². The van der Waals surface area contributed by atoms with Crippen LogP contribution in [0.1, 0.15) is 44.0 Å². The van der Waals surface area contributed by atoms with Crippen LogP contribution in [0, 0.1) is 0 Å². The Bertz CT molecular complexity index is 1010. The van der Waals surface area contributed by atoms with Crippen LogP contribution in [0.4, 0.5) is 0 Å². The summed E-state index contributed by atoms with van der Waals surface area (Å²) >= 11 is 7.78. The van der Waals surface area contributed by atoms with Crippen molar-refractivity contribution in [1.29, 1.82) is 0 Å². The van der Waals surface area contributed by atoms with Crippen LogP contribution in [0.25, 0.3) is 5.70 Å². The highest BCUT2D eigenvalue weighted by Crippen LogP contribution is 2.43. The number of carbonyl (C=O) groups excluding carboxylic acids is 2. The van der Waals surface area contributed by atoms with Gasteiger partial charge in [0.1, 0.15) is 17.1 Å². The Morgan fingerprint density at radius 2 is 2.17 bits per heavy atom. The lowest BCUT2D eigenvalue weighted by Crippen LogP contribution is -2.69. The zero-order valence-corrected chi connectivity index (χ0v) is 18.4. The summed E-state index contributed by atoms with van der Waals surface area (Å²) in [6.45, 7) is 4.01. The highest BCUT2D eigenvalue weighted by Gasteiger charge is 2.53. The lowest BCUT2D eigenvalue weighted by molar-refractivity contribution is -0.144. The highest BCUT2D eigenvalue weighted by molar-refractivity contribution is 8.00. The SMILES string of the molecule is CCCc1noc(C2=C(C)CS[C@@H]3[C@H](NC(=O)CCc4ccccc4Cl)C(=O)N23)n1. The largest absolute Gasteiger partial charge is 0.342 e. The molecule has 4 rings (SSSR count). The predicted molar refractivity (Wildman–Crippen MR) is 116 cm³/mol. The number of hydrogen-bond donors (Lipinski definition) is 1. The van der Waals surface area contributed by atoms with E-state index in [1.165, 1.54) is 0 Å². The Balaban J connectivity index is 1.41. The van der Waals surface area contributed by atoms with Gasteiger partial charge in [-0.05, 0) is 37.0 Å². The Morgan fingerprint density at radius 3 is 2.93 bits per heavy atom. The Kier molecular flexibility index (Phi) is 6.15. The van der Waals surface area contributed by atoms with Gasteiger partial charge < -0.3 is 9.84 Å². The van der Waals surface area contributed by atoms with Crippen molar-refractivity contribution in [3.8, 4) is 0 Å². The lowest BCUT2D eigenvalue weighted by atomic mass is 10.0. The zero-order valence-electron chi connectivity index (χ0n) is 16.9. The van der Waals surface area contributed by atoms with Gasteiger partial charge in [-0.3, -0.25) is 14.5 Å². The molecule has 0 bridgehead atoms. The van der Waals surface area contributed by atoms with Gasteiger partial charge in [0.25, 0.3) is 11.8 Å². The number of amides is 2. The van der Waals surface area contributed by atoms with E-state index in [1.54, 1.807) is 22.7 Å². The smallest absolute Gasteiger partial charge is 0.274 e. The van der Waals surface area contributed by atoms with Gasteiger partial charge in [0.05, 0.1) is 0 Å². The fraction of sp³-hybridized carbons (Fsp3) is 0.429. The number of rotatable bonds is 7. The summed E-state index contributed by atoms with van der Waals surface area (Å²) < 4.78 is 5.42. The van der Waals surface area contributed by atoms with Crippen molar-refractivity contribution in [2.24, 2.45) is 0 Å². The first-order chi connectivity index (χ1) is 14.5. The number of β-lactam (4-membered cyclic amide) rings is 1. The minimum absolute atomic E-state index is 0.150. The average molecular weight is 447 g/mol. The predicted octanol–water partition coefficient (Wildman–Crippen LogP) is 3.44. The molecule has 7 nitrogen and oxygen atoms in total. The van der Waals surface area contributed by atoms with Gasteiger partial charge in [-0.25, -0.2) is 0 Å². The molecule has 0 unspecified atom stereocenters. The molecule has 2 aliphatic rings. The second kappa shape index (κ2) is 8.81. The van der Waals surface area contributed by atoms with E-state index < -0.39 is 6.04 Å². The van der Waals surface area contributed by atoms with E-state index in [4.69, 9.17) is 16.1 Å². The van der Waals surface area contributed by atoms with Gasteiger partial charge in [-0.2, -0.15) is 4.98 Å². The van der Waals surface area contributed by atoms with Gasteiger partial charge in [0, 0.05) is 23.6 Å². The van der Waals surface area contributed by atoms with Crippen LogP contribution in [0.2, 0.25) is 5.02 Å². The number of benzene rings is 1. The molecule has 2 aromatic rings. The van der Waals surface area contributed by atoms with E-state index in [0.717, 1.165) is 29.7 Å². The van der Waals surface area contributed by atoms with E-state index in [9.17, 15) is 9.59 Å². The average Bonchev–Trinajstić information content (AvgIpc) is 3.19. The molecular formula is C21H23ClN4O3S. The maximum absolute atomic E-state index is 12.9. The van der Waals surface area contributed by atoms with Crippen molar-refractivity contribution >= 4 is 40.9 Å². The number of aryl methyl sites for hydroxylation is 2. The molecule has 3 heterocycles. The monoisotopic (exact) mass is 446 g/mol. The van der Waals surface area contributed by atoms with E-state index in [-0.39, 0.29) is 23.6 Å². The van der Waals surface area contributed by atoms with E-state index in [1.807, 2.05) is 32.0 Å². The molecule has 0 radical (unpaired) electrons. The van der Waals surface area contributed by atoms with Gasteiger partial charge >= 0.3 is 0 Å². The van der Waals surface area contributed by atoms with Crippen LogP contribution in [0.15, 0.2) is 34.4 Å². The first-order valence-electron chi connectivity index (χ1n) is 9.99. The second-order valence-corrected chi connectivity index (χ2v) is 8.95. The molecule has 30 heavy (non-hydrogen) atoms. The Labute approximate surface area is 184 Å². The third kappa shape index (κ3) is 3.98. The molecule has 2 atom stereocenters. The molecule has 0 spiro atoms. The minimum Gasteiger partial charge on any atom is -0.342 e. The molecule has 1 saturated heterocycles. The van der Waals surface area contributed by atoms with E-state index >= 15 is 0 Å². The molecule has 0 saturated carbocycles. The number of fused-ring (bicyclic) bond motifs is 1. The number of carbonyl (C=O) groups is 2. The Morgan fingerprint density at radius 1 is 1.37 bits per heavy atom. The third-order valence-electron chi connectivity index (χ3n) is 5.20. The Hall–Kier alpha value is -2.32. The van der Waals surface area contributed by atoms with Crippen LogP contribution in [-0.2, 0) is 22.4 Å². The normalized spacial score (nSPS) is 20.8. The summed E-state index contributed by atoms with van der Waals surface area (Å²) in [4.78, 5) is 31.4. The molecule has 1 N–H and O–H groups in total. The summed E-state index contributed by atoms with van der Waals surface area (Å²) in [5.41, 5.74) is 2.61. The number of nitrogens with one attached hydrogen (secondary N) is 1. The molecule has 2 amide bonds. The summed E-state index contributed by atoms with van der Waals surface area (Å²) in [5, 5.41) is 7.37. The van der Waals surface area contributed by atoms with Crippen molar-refractivity contribution in [3.05, 3.63) is 52.1 Å². The van der Waals surface area contributed by atoms with Gasteiger partial charge in [-0.15, -0.1) is 11.8 Å². The van der Waals surface area contributed by atoms with Crippen molar-refractivity contribution in [3.63, 3.8) is 0 Å². The first-order valence-corrected chi connectivity index (χ1v) is 11.4. The third-order valence-corrected chi connectivity index (χ3v) is 6.99. The van der Waals surface area contributed by atoms with Crippen molar-refractivity contribution in [1.82, 2.24) is 20.4 Å². The fourth-order valence-corrected chi connectivity index (χ4v) is 5.17. The molecule has 0 aliphatic carbocycles. The zero-order chi connectivity index (χ0) is 21.3. The number of thioether (sulfide) groups is 1. The van der Waals surface area contributed by atoms with Gasteiger partial charge in [-0.1, -0.05) is 41.9 Å². The van der Waals surface area contributed by atoms with E-state index in [0.29, 0.717) is 28.9 Å². The summed E-state index contributed by atoms with van der Waals surface area (Å²) in [6.07, 6.45) is 2.45. The maximum Gasteiger partial charge on any atom is 0.274 e. The van der Waals surface area contributed by atoms with Crippen molar-refractivity contribution in [2.75, 3.05) is 5.75 Å². The summed E-state index contributed by atoms with van der Waals surface area (Å²) in [5.74, 6) is 1.44. The molecule has 1 fully saturated rings. The van der Waals surface area contributed by atoms with Crippen LogP contribution >= 0.6 is 23.4 Å². The molecule has 158 valence electrons. The van der Waals surface area contributed by atoms with Crippen LogP contribution in [-0.4, -0.2) is 44.0 Å². The second-order valence-electron chi connectivity index (χ2n) is 7.44. The summed E-state index contributed by atoms with van der Waals surface area (Å²) in [6, 6.07) is 6.91. The van der Waals surface area contributed by atoms with Crippen molar-refractivity contribution < 1.29 is 14.1 Å². The molecule has 1 aromatic carbocycles. The maximum atomic E-state index is 12.9. The van der Waals surface area contributed by atoms with Crippen LogP contribution in [0.5, 0.6) is 0 Å². The standard InChI is InChI=1S/C21H23ClN4O3S/c1-3-6-15-23-19(29-25-15)18-12(2)11-30-21-17(20(28)26(18)21)24-16(27)10-9-13-7-4-5-8-14(13)22/h4-5,7-8,17,21H,3,6,9-11H2,1-2H3,(H,24,27)/t17-,21-/m1/s1.